The van der Waals surface area contributed by atoms with E-state index in [4.69, 9.17) is 4.98 Å². The van der Waals surface area contributed by atoms with Crippen molar-refractivity contribution in [3.05, 3.63) is 84.4 Å². The van der Waals surface area contributed by atoms with E-state index in [-0.39, 0.29) is 5.91 Å². The first-order valence-electron chi connectivity index (χ1n) is 7.97. The molecular formula is C20H16N4O. The summed E-state index contributed by atoms with van der Waals surface area (Å²) < 4.78 is 1.99. The summed E-state index contributed by atoms with van der Waals surface area (Å²) in [6.07, 6.45) is 7.15. The molecule has 5 nitrogen and oxygen atoms in total. The number of imidazole rings is 1. The van der Waals surface area contributed by atoms with E-state index in [9.17, 15) is 4.79 Å². The van der Waals surface area contributed by atoms with Gasteiger partial charge >= 0.3 is 0 Å². The summed E-state index contributed by atoms with van der Waals surface area (Å²) in [6.45, 7) is 2.03. The van der Waals surface area contributed by atoms with Crippen molar-refractivity contribution in [3.63, 3.8) is 0 Å². The molecule has 0 atom stereocenters. The minimum Gasteiger partial charge on any atom is -0.321 e. The summed E-state index contributed by atoms with van der Waals surface area (Å²) in [4.78, 5) is 21.1. The maximum Gasteiger partial charge on any atom is 0.255 e. The number of nitrogens with one attached hydrogen (secondary N) is 1. The van der Waals surface area contributed by atoms with Crippen molar-refractivity contribution >= 4 is 17.2 Å². The van der Waals surface area contributed by atoms with E-state index in [1.54, 1.807) is 24.5 Å². The Morgan fingerprint density at radius 1 is 1.04 bits per heavy atom. The van der Waals surface area contributed by atoms with Crippen LogP contribution in [0.4, 0.5) is 5.69 Å². The summed E-state index contributed by atoms with van der Waals surface area (Å²) in [5.41, 5.74) is 5.01. The molecule has 3 aromatic heterocycles. The molecule has 0 aliphatic heterocycles. The van der Waals surface area contributed by atoms with Gasteiger partial charge in [-0.2, -0.15) is 0 Å². The second-order valence-corrected chi connectivity index (χ2v) is 5.78. The minimum atomic E-state index is -0.171. The molecule has 0 spiro atoms. The van der Waals surface area contributed by atoms with E-state index < -0.39 is 0 Å². The zero-order chi connectivity index (χ0) is 17.2. The van der Waals surface area contributed by atoms with Gasteiger partial charge in [0.2, 0.25) is 0 Å². The second-order valence-electron chi connectivity index (χ2n) is 5.78. The van der Waals surface area contributed by atoms with Gasteiger partial charge < -0.3 is 9.72 Å². The molecule has 0 fully saturated rings. The lowest BCUT2D eigenvalue weighted by Gasteiger charge is -2.09. The number of rotatable bonds is 3. The van der Waals surface area contributed by atoms with E-state index in [1.165, 1.54) is 0 Å². The predicted octanol–water partition coefficient (Wildman–Crippen LogP) is 3.96. The summed E-state index contributed by atoms with van der Waals surface area (Å²) >= 11 is 0. The SMILES string of the molecule is Cc1cccn2cc(-c3ccccc3NC(=O)c3ccncc3)nc12. The van der Waals surface area contributed by atoms with Crippen molar-refractivity contribution < 1.29 is 4.79 Å². The molecule has 3 heterocycles. The van der Waals surface area contributed by atoms with E-state index in [0.717, 1.165) is 28.2 Å². The molecule has 5 heteroatoms. The fraction of sp³-hybridized carbons (Fsp3) is 0.0500. The predicted molar refractivity (Wildman–Crippen MR) is 97.6 cm³/mol. The highest BCUT2D eigenvalue weighted by Crippen LogP contribution is 2.28. The van der Waals surface area contributed by atoms with Crippen molar-refractivity contribution in [2.45, 2.75) is 6.92 Å². The second kappa shape index (κ2) is 6.20. The Labute approximate surface area is 145 Å². The van der Waals surface area contributed by atoms with Crippen LogP contribution in [0.1, 0.15) is 15.9 Å². The standard InChI is InChI=1S/C20H16N4O/c1-14-5-4-12-24-13-18(22-19(14)24)16-6-2-3-7-17(16)23-20(25)15-8-10-21-11-9-15/h2-13H,1H3,(H,23,25). The van der Waals surface area contributed by atoms with Crippen LogP contribution in [-0.4, -0.2) is 20.3 Å². The third-order valence-electron chi connectivity index (χ3n) is 4.07. The van der Waals surface area contributed by atoms with Gasteiger partial charge in [0, 0.05) is 35.9 Å². The van der Waals surface area contributed by atoms with Gasteiger partial charge in [-0.1, -0.05) is 24.3 Å². The van der Waals surface area contributed by atoms with E-state index in [0.29, 0.717) is 5.56 Å². The van der Waals surface area contributed by atoms with Crippen LogP contribution in [-0.2, 0) is 0 Å². The molecule has 0 saturated carbocycles. The first-order chi connectivity index (χ1) is 12.2. The molecule has 0 unspecified atom stereocenters. The van der Waals surface area contributed by atoms with Gasteiger partial charge in [-0.05, 0) is 36.8 Å². The van der Waals surface area contributed by atoms with Gasteiger partial charge in [0.25, 0.3) is 5.91 Å². The van der Waals surface area contributed by atoms with Gasteiger partial charge in [0.05, 0.1) is 11.4 Å². The number of benzene rings is 1. The monoisotopic (exact) mass is 328 g/mol. The van der Waals surface area contributed by atoms with E-state index in [1.807, 2.05) is 60.1 Å². The number of hydrogen-bond acceptors (Lipinski definition) is 3. The van der Waals surface area contributed by atoms with Crippen LogP contribution in [0.5, 0.6) is 0 Å². The zero-order valence-corrected chi connectivity index (χ0v) is 13.7. The van der Waals surface area contributed by atoms with Crippen LogP contribution in [0, 0.1) is 6.92 Å². The fourth-order valence-electron chi connectivity index (χ4n) is 2.80. The van der Waals surface area contributed by atoms with Crippen molar-refractivity contribution in [2.24, 2.45) is 0 Å². The molecule has 0 bridgehead atoms. The minimum absolute atomic E-state index is 0.171. The number of anilines is 1. The number of hydrogen-bond donors (Lipinski definition) is 1. The number of nitrogens with zero attached hydrogens (tertiary/aromatic N) is 3. The van der Waals surface area contributed by atoms with Crippen LogP contribution in [0.25, 0.3) is 16.9 Å². The average molecular weight is 328 g/mol. The van der Waals surface area contributed by atoms with Crippen molar-refractivity contribution in [1.29, 1.82) is 0 Å². The van der Waals surface area contributed by atoms with Crippen LogP contribution < -0.4 is 5.32 Å². The van der Waals surface area contributed by atoms with Crippen molar-refractivity contribution in [3.8, 4) is 11.3 Å². The lowest BCUT2D eigenvalue weighted by atomic mass is 10.1. The summed E-state index contributed by atoms with van der Waals surface area (Å²) in [5.74, 6) is -0.171. The Balaban J connectivity index is 1.73. The van der Waals surface area contributed by atoms with Gasteiger partial charge in [0.15, 0.2) is 0 Å². The fourth-order valence-corrected chi connectivity index (χ4v) is 2.80. The Kier molecular flexibility index (Phi) is 3.74. The van der Waals surface area contributed by atoms with Gasteiger partial charge in [-0.15, -0.1) is 0 Å². The molecule has 1 aromatic carbocycles. The number of aryl methyl sites for hydroxylation is 1. The molecule has 122 valence electrons. The lowest BCUT2D eigenvalue weighted by Crippen LogP contribution is -2.12. The Hall–Kier alpha value is -3.47. The number of carbonyl (C=O) groups excluding carboxylic acids is 1. The third kappa shape index (κ3) is 2.87. The Morgan fingerprint density at radius 2 is 1.84 bits per heavy atom. The maximum atomic E-state index is 12.5. The first-order valence-corrected chi connectivity index (χ1v) is 7.97. The lowest BCUT2D eigenvalue weighted by molar-refractivity contribution is 0.102. The average Bonchev–Trinajstić information content (AvgIpc) is 3.08. The topological polar surface area (TPSA) is 59.3 Å². The Morgan fingerprint density at radius 3 is 2.64 bits per heavy atom. The molecule has 0 saturated heterocycles. The molecule has 1 N–H and O–H groups in total. The Bertz CT molecular complexity index is 1050. The van der Waals surface area contributed by atoms with Crippen LogP contribution in [0.3, 0.4) is 0 Å². The molecule has 4 rings (SSSR count). The highest BCUT2D eigenvalue weighted by atomic mass is 16.1. The molecule has 0 aliphatic carbocycles. The zero-order valence-electron chi connectivity index (χ0n) is 13.7. The van der Waals surface area contributed by atoms with Crippen molar-refractivity contribution in [2.75, 3.05) is 5.32 Å². The van der Waals surface area contributed by atoms with E-state index >= 15 is 0 Å². The van der Waals surface area contributed by atoms with Gasteiger partial charge in [-0.3, -0.25) is 9.78 Å². The molecule has 1 amide bonds. The number of carbonyl (C=O) groups is 1. The quantitative estimate of drug-likeness (QED) is 0.619. The summed E-state index contributed by atoms with van der Waals surface area (Å²) in [6, 6.07) is 15.1. The highest BCUT2D eigenvalue weighted by molar-refractivity contribution is 6.06. The normalized spacial score (nSPS) is 10.8. The number of para-hydroxylation sites is 1. The number of aromatic nitrogens is 3. The van der Waals surface area contributed by atoms with Crippen LogP contribution in [0.15, 0.2) is 73.3 Å². The number of amides is 1. The summed E-state index contributed by atoms with van der Waals surface area (Å²) in [5, 5.41) is 2.97. The first kappa shape index (κ1) is 15.1. The van der Waals surface area contributed by atoms with Gasteiger partial charge in [-0.25, -0.2) is 4.98 Å². The summed E-state index contributed by atoms with van der Waals surface area (Å²) in [7, 11) is 0. The third-order valence-corrected chi connectivity index (χ3v) is 4.07. The van der Waals surface area contributed by atoms with Crippen LogP contribution >= 0.6 is 0 Å². The number of fused-ring (bicyclic) bond motifs is 1. The van der Waals surface area contributed by atoms with E-state index in [2.05, 4.69) is 10.3 Å². The largest absolute Gasteiger partial charge is 0.321 e. The highest BCUT2D eigenvalue weighted by Gasteiger charge is 2.13. The molecular weight excluding hydrogens is 312 g/mol. The molecule has 0 radical (unpaired) electrons. The van der Waals surface area contributed by atoms with Crippen LogP contribution in [0.2, 0.25) is 0 Å². The molecule has 25 heavy (non-hydrogen) atoms. The molecule has 0 aliphatic rings. The van der Waals surface area contributed by atoms with Crippen molar-refractivity contribution in [1.82, 2.24) is 14.4 Å². The maximum absolute atomic E-state index is 12.5. The van der Waals surface area contributed by atoms with Gasteiger partial charge in [0.1, 0.15) is 5.65 Å². The smallest absolute Gasteiger partial charge is 0.255 e. The number of pyridine rings is 2. The molecule has 4 aromatic rings.